The van der Waals surface area contributed by atoms with Crippen molar-refractivity contribution in [2.75, 3.05) is 34.0 Å². The molecule has 0 atom stereocenters. The third kappa shape index (κ3) is 4.83. The fraction of sp³-hybridized carbons (Fsp3) is 0.350. The second-order valence-corrected chi connectivity index (χ2v) is 7.44. The lowest BCUT2D eigenvalue weighted by atomic mass is 10.1. The van der Waals surface area contributed by atoms with Crippen molar-refractivity contribution in [3.05, 3.63) is 44.9 Å². The largest absolute Gasteiger partial charge is 0.493 e. The molecule has 1 amide bonds. The van der Waals surface area contributed by atoms with E-state index in [9.17, 15) is 4.79 Å². The van der Waals surface area contributed by atoms with Gasteiger partial charge >= 0.3 is 0 Å². The number of carbonyl (C=O) groups excluding carboxylic acids is 1. The fourth-order valence-electron chi connectivity index (χ4n) is 2.94. The van der Waals surface area contributed by atoms with Crippen molar-refractivity contribution in [3.8, 4) is 23.0 Å². The van der Waals surface area contributed by atoms with Crippen LogP contribution in [0.15, 0.2) is 28.7 Å². The molecule has 1 aliphatic rings. The number of methoxy groups -OCH3 is 2. The van der Waals surface area contributed by atoms with E-state index >= 15 is 0 Å². The summed E-state index contributed by atoms with van der Waals surface area (Å²) < 4.78 is 22.5. The normalized spacial score (nSPS) is 12.4. The summed E-state index contributed by atoms with van der Waals surface area (Å²) in [6.07, 6.45) is 0.859. The minimum atomic E-state index is -0.0932. The molecule has 2 aromatic rings. The Morgan fingerprint density at radius 1 is 1.14 bits per heavy atom. The van der Waals surface area contributed by atoms with E-state index in [0.717, 1.165) is 15.6 Å². The van der Waals surface area contributed by atoms with Crippen LogP contribution in [0.1, 0.15) is 11.1 Å². The van der Waals surface area contributed by atoms with Gasteiger partial charge in [-0.1, -0.05) is 27.5 Å². The van der Waals surface area contributed by atoms with Crippen LogP contribution in [0.5, 0.6) is 23.0 Å². The summed E-state index contributed by atoms with van der Waals surface area (Å²) in [5.41, 5.74) is 1.79. The highest BCUT2D eigenvalue weighted by molar-refractivity contribution is 9.10. The van der Waals surface area contributed by atoms with Crippen LogP contribution < -0.4 is 24.3 Å². The molecule has 150 valence electrons. The number of halogens is 2. The van der Waals surface area contributed by atoms with Crippen LogP contribution in [0, 0.1) is 0 Å². The van der Waals surface area contributed by atoms with Crippen molar-refractivity contribution < 1.29 is 23.7 Å². The van der Waals surface area contributed by atoms with Crippen LogP contribution in [-0.4, -0.2) is 39.9 Å². The Hall–Kier alpha value is -2.12. The van der Waals surface area contributed by atoms with Gasteiger partial charge < -0.3 is 24.3 Å². The van der Waals surface area contributed by atoms with Crippen LogP contribution in [0.4, 0.5) is 0 Å². The van der Waals surface area contributed by atoms with E-state index in [0.29, 0.717) is 54.2 Å². The molecule has 1 heterocycles. The molecule has 0 unspecified atom stereocenters. The van der Waals surface area contributed by atoms with Gasteiger partial charge in [0.2, 0.25) is 5.91 Å². The van der Waals surface area contributed by atoms with Crippen molar-refractivity contribution in [1.29, 1.82) is 0 Å². The molecule has 0 spiro atoms. The predicted molar refractivity (Wildman–Crippen MR) is 110 cm³/mol. The van der Waals surface area contributed by atoms with E-state index < -0.39 is 0 Å². The minimum Gasteiger partial charge on any atom is -0.493 e. The number of ether oxygens (including phenoxy) is 4. The Morgan fingerprint density at radius 3 is 2.61 bits per heavy atom. The van der Waals surface area contributed by atoms with Gasteiger partial charge in [-0.05, 0) is 41.8 Å². The molecule has 0 aromatic heterocycles. The predicted octanol–water partition coefficient (Wildman–Crippen LogP) is 3.79. The molecule has 8 heteroatoms. The molecule has 2 aromatic carbocycles. The minimum absolute atomic E-state index is 0.0932. The van der Waals surface area contributed by atoms with Gasteiger partial charge in [0.05, 0.1) is 25.7 Å². The third-order valence-electron chi connectivity index (χ3n) is 4.29. The highest BCUT2D eigenvalue weighted by atomic mass is 79.9. The van der Waals surface area contributed by atoms with Gasteiger partial charge in [0.25, 0.3) is 0 Å². The zero-order valence-corrected chi connectivity index (χ0v) is 18.0. The van der Waals surface area contributed by atoms with Gasteiger partial charge in [-0.15, -0.1) is 0 Å². The molecular formula is C20H21BrClNO5. The molecule has 0 radical (unpaired) electrons. The van der Waals surface area contributed by atoms with Crippen molar-refractivity contribution in [2.24, 2.45) is 0 Å². The van der Waals surface area contributed by atoms with Crippen molar-refractivity contribution in [1.82, 2.24) is 5.32 Å². The molecule has 0 bridgehead atoms. The number of nitrogens with one attached hydrogen (secondary N) is 1. The van der Waals surface area contributed by atoms with Gasteiger partial charge in [-0.3, -0.25) is 4.79 Å². The molecule has 3 rings (SSSR count). The maximum atomic E-state index is 12.3. The van der Waals surface area contributed by atoms with Gasteiger partial charge in [-0.25, -0.2) is 0 Å². The molecule has 0 fully saturated rings. The molecule has 0 saturated heterocycles. The lowest BCUT2D eigenvalue weighted by Gasteiger charge is -2.20. The second kappa shape index (κ2) is 9.39. The highest BCUT2D eigenvalue weighted by Crippen LogP contribution is 2.38. The van der Waals surface area contributed by atoms with Gasteiger partial charge in [0.15, 0.2) is 23.0 Å². The first-order valence-corrected chi connectivity index (χ1v) is 9.94. The van der Waals surface area contributed by atoms with Crippen LogP contribution in [0.3, 0.4) is 0 Å². The van der Waals surface area contributed by atoms with Crippen molar-refractivity contribution in [2.45, 2.75) is 12.8 Å². The van der Waals surface area contributed by atoms with Crippen molar-refractivity contribution in [3.63, 3.8) is 0 Å². The maximum Gasteiger partial charge on any atom is 0.224 e. The van der Waals surface area contributed by atoms with E-state index in [1.54, 1.807) is 26.4 Å². The number of hydrogen-bond acceptors (Lipinski definition) is 5. The highest BCUT2D eigenvalue weighted by Gasteiger charge is 2.17. The Labute approximate surface area is 177 Å². The third-order valence-corrected chi connectivity index (χ3v) is 5.31. The van der Waals surface area contributed by atoms with E-state index in [-0.39, 0.29) is 12.3 Å². The molecular weight excluding hydrogens is 450 g/mol. The molecule has 1 aliphatic heterocycles. The summed E-state index contributed by atoms with van der Waals surface area (Å²) in [6.45, 7) is 1.43. The standard InChI is InChI=1S/C20H21BrClNO5/c1-25-16-10-13(14(21)11-17(16)26-2)3-4-23-19(24)9-12-7-15(22)20-18(8-12)27-5-6-28-20/h7-8,10-11H,3-6,9H2,1-2H3,(H,23,24). The van der Waals surface area contributed by atoms with Crippen LogP contribution in [0.25, 0.3) is 0 Å². The Kier molecular flexibility index (Phi) is 6.91. The number of hydrogen-bond donors (Lipinski definition) is 1. The first-order chi connectivity index (χ1) is 13.5. The monoisotopic (exact) mass is 469 g/mol. The molecule has 0 aliphatic carbocycles. The zero-order valence-electron chi connectivity index (χ0n) is 15.6. The van der Waals surface area contributed by atoms with Gasteiger partial charge in [0, 0.05) is 11.0 Å². The molecule has 0 saturated carbocycles. The summed E-state index contributed by atoms with van der Waals surface area (Å²) >= 11 is 9.75. The Morgan fingerprint density at radius 2 is 1.86 bits per heavy atom. The van der Waals surface area contributed by atoms with Crippen LogP contribution in [0.2, 0.25) is 5.02 Å². The summed E-state index contributed by atoms with van der Waals surface area (Å²) in [5, 5.41) is 3.38. The number of rotatable bonds is 7. The second-order valence-electron chi connectivity index (χ2n) is 6.18. The quantitative estimate of drug-likeness (QED) is 0.667. The van der Waals surface area contributed by atoms with Gasteiger partial charge in [-0.2, -0.15) is 0 Å². The fourth-order valence-corrected chi connectivity index (χ4v) is 3.75. The number of benzene rings is 2. The topological polar surface area (TPSA) is 66.0 Å². The zero-order chi connectivity index (χ0) is 20.1. The summed E-state index contributed by atoms with van der Waals surface area (Å²) in [5.74, 6) is 2.33. The van der Waals surface area contributed by atoms with Crippen LogP contribution in [-0.2, 0) is 17.6 Å². The van der Waals surface area contributed by atoms with E-state index in [2.05, 4.69) is 21.2 Å². The smallest absolute Gasteiger partial charge is 0.224 e. The Balaban J connectivity index is 1.57. The lowest BCUT2D eigenvalue weighted by molar-refractivity contribution is -0.120. The van der Waals surface area contributed by atoms with Crippen molar-refractivity contribution >= 4 is 33.4 Å². The van der Waals surface area contributed by atoms with Crippen LogP contribution >= 0.6 is 27.5 Å². The lowest BCUT2D eigenvalue weighted by Crippen LogP contribution is -2.27. The molecule has 1 N–H and O–H groups in total. The van der Waals surface area contributed by atoms with E-state index in [4.69, 9.17) is 30.5 Å². The average molecular weight is 471 g/mol. The maximum absolute atomic E-state index is 12.3. The van der Waals surface area contributed by atoms with E-state index in [1.807, 2.05) is 12.1 Å². The van der Waals surface area contributed by atoms with Gasteiger partial charge in [0.1, 0.15) is 13.2 Å². The first kappa shape index (κ1) is 20.6. The molecule has 28 heavy (non-hydrogen) atoms. The Bertz CT molecular complexity index is 874. The SMILES string of the molecule is COc1cc(Br)c(CCNC(=O)Cc2cc(Cl)c3c(c2)OCCO3)cc1OC. The number of carbonyl (C=O) groups is 1. The first-order valence-electron chi connectivity index (χ1n) is 8.77. The average Bonchev–Trinajstić information content (AvgIpc) is 2.69. The summed E-state index contributed by atoms with van der Waals surface area (Å²) in [6, 6.07) is 7.29. The summed E-state index contributed by atoms with van der Waals surface area (Å²) in [4.78, 5) is 12.3. The number of fused-ring (bicyclic) bond motifs is 1. The summed E-state index contributed by atoms with van der Waals surface area (Å²) in [7, 11) is 3.18. The number of amides is 1. The van der Waals surface area contributed by atoms with E-state index in [1.165, 1.54) is 0 Å². The molecule has 6 nitrogen and oxygen atoms in total.